The highest BCUT2D eigenvalue weighted by Gasteiger charge is 2.16. The van der Waals surface area contributed by atoms with Gasteiger partial charge in [-0.25, -0.2) is 0 Å². The maximum absolute atomic E-state index is 8.21. The molecule has 4 rings (SSSR count). The van der Waals surface area contributed by atoms with E-state index in [1.807, 2.05) is 24.3 Å². The molecule has 6 nitrogen and oxygen atoms in total. The molecule has 0 fully saturated rings. The van der Waals surface area contributed by atoms with Gasteiger partial charge in [0.2, 0.25) is 23.6 Å². The number of nitrogens with one attached hydrogen (secondary N) is 2. The average Bonchev–Trinajstić information content (AvgIpc) is 3.34. The summed E-state index contributed by atoms with van der Waals surface area (Å²) in [5, 5.41) is 24.7. The normalized spacial score (nSPS) is 11.1. The Morgan fingerprint density at radius 1 is 0.765 bits per heavy atom. The minimum Gasteiger partial charge on any atom is -0.421 e. The molecule has 170 valence electrons. The summed E-state index contributed by atoms with van der Waals surface area (Å²) in [5.41, 5.74) is 4.97. The van der Waals surface area contributed by atoms with Gasteiger partial charge >= 0.3 is 0 Å². The quantitative estimate of drug-likeness (QED) is 0.261. The van der Waals surface area contributed by atoms with Gasteiger partial charge in [-0.15, -0.1) is 10.2 Å². The second kappa shape index (κ2) is 9.27. The maximum atomic E-state index is 8.21. The Kier molecular flexibility index (Phi) is 6.23. The van der Waals surface area contributed by atoms with Crippen LogP contribution in [0, 0.1) is 10.8 Å². The van der Waals surface area contributed by atoms with E-state index in [4.69, 9.17) is 20.0 Å². The fourth-order valence-electron chi connectivity index (χ4n) is 3.32. The molecule has 0 amide bonds. The van der Waals surface area contributed by atoms with Crippen molar-refractivity contribution >= 4 is 17.9 Å². The Morgan fingerprint density at radius 2 is 1.21 bits per heavy atom. The van der Waals surface area contributed by atoms with E-state index in [0.29, 0.717) is 22.9 Å². The van der Waals surface area contributed by atoms with E-state index in [1.54, 1.807) is 42.5 Å². The van der Waals surface area contributed by atoms with E-state index in [0.717, 1.165) is 16.7 Å². The van der Waals surface area contributed by atoms with Gasteiger partial charge in [0.15, 0.2) is 0 Å². The highest BCUT2D eigenvalue weighted by atomic mass is 16.5. The first-order valence-corrected chi connectivity index (χ1v) is 10.9. The molecular formula is C28H26N4O2. The molecule has 0 bridgehead atoms. The molecule has 0 aliphatic heterocycles. The van der Waals surface area contributed by atoms with Gasteiger partial charge in [-0.2, -0.15) is 0 Å². The van der Waals surface area contributed by atoms with Crippen molar-refractivity contribution < 1.29 is 9.15 Å². The van der Waals surface area contributed by atoms with Crippen LogP contribution in [0.3, 0.4) is 0 Å². The van der Waals surface area contributed by atoms with Crippen LogP contribution in [0.25, 0.3) is 29.0 Å². The molecule has 1 heterocycles. The molecule has 0 saturated carbocycles. The standard InChI is InChI=1S/C28H26N4O2/c1-5-18-6-8-19(9-7-18)24(29)33-25(30)20-10-12-21(13-11-20)26-31-32-27(34-26)22-14-16-23(17-15-22)28(2,3)4/h5-17,29-30H,1H2,2-4H3. The lowest BCUT2D eigenvalue weighted by atomic mass is 9.87. The first-order chi connectivity index (χ1) is 16.2. The number of ether oxygens (including phenoxy) is 1. The Bertz CT molecular complexity index is 1330. The van der Waals surface area contributed by atoms with Gasteiger partial charge in [-0.3, -0.25) is 10.8 Å². The van der Waals surface area contributed by atoms with E-state index in [2.05, 4.69) is 49.7 Å². The molecule has 0 spiro atoms. The predicted molar refractivity (Wildman–Crippen MR) is 135 cm³/mol. The van der Waals surface area contributed by atoms with E-state index < -0.39 is 0 Å². The van der Waals surface area contributed by atoms with Crippen LogP contribution in [0.15, 0.2) is 83.8 Å². The summed E-state index contributed by atoms with van der Waals surface area (Å²) in [7, 11) is 0. The summed E-state index contributed by atoms with van der Waals surface area (Å²) >= 11 is 0. The van der Waals surface area contributed by atoms with Crippen LogP contribution in [0.5, 0.6) is 0 Å². The molecule has 2 N–H and O–H groups in total. The van der Waals surface area contributed by atoms with Crippen LogP contribution in [-0.2, 0) is 10.2 Å². The SMILES string of the molecule is C=Cc1ccc(C(=N)OC(=N)c2ccc(-c3nnc(-c4ccc(C(C)(C)C)cc4)o3)cc2)cc1. The average molecular weight is 451 g/mol. The summed E-state index contributed by atoms with van der Waals surface area (Å²) in [4.78, 5) is 0. The minimum atomic E-state index is -0.116. The van der Waals surface area contributed by atoms with Crippen molar-refractivity contribution in [3.63, 3.8) is 0 Å². The summed E-state index contributed by atoms with van der Waals surface area (Å²) in [6, 6.07) is 22.4. The molecule has 34 heavy (non-hydrogen) atoms. The van der Waals surface area contributed by atoms with Gasteiger partial charge in [0.1, 0.15) is 0 Å². The van der Waals surface area contributed by atoms with Gasteiger partial charge in [0, 0.05) is 22.3 Å². The molecule has 1 aromatic heterocycles. The van der Waals surface area contributed by atoms with Crippen molar-refractivity contribution in [2.75, 3.05) is 0 Å². The molecule has 0 radical (unpaired) electrons. The molecule has 4 aromatic rings. The highest BCUT2D eigenvalue weighted by molar-refractivity contribution is 6.04. The van der Waals surface area contributed by atoms with E-state index in [1.165, 1.54) is 5.56 Å². The highest BCUT2D eigenvalue weighted by Crippen LogP contribution is 2.27. The minimum absolute atomic E-state index is 0.0757. The van der Waals surface area contributed by atoms with Crippen LogP contribution >= 0.6 is 0 Å². The van der Waals surface area contributed by atoms with Crippen LogP contribution in [0.4, 0.5) is 0 Å². The summed E-state index contributed by atoms with van der Waals surface area (Å²) in [5.74, 6) is 0.633. The largest absolute Gasteiger partial charge is 0.421 e. The number of nitrogens with zero attached hydrogens (tertiary/aromatic N) is 2. The zero-order chi connectivity index (χ0) is 24.3. The lowest BCUT2D eigenvalue weighted by molar-refractivity contribution is 0.538. The molecule has 0 atom stereocenters. The van der Waals surface area contributed by atoms with Gasteiger partial charge < -0.3 is 9.15 Å². The molecular weight excluding hydrogens is 424 g/mol. The second-order valence-corrected chi connectivity index (χ2v) is 8.90. The Morgan fingerprint density at radius 3 is 1.65 bits per heavy atom. The van der Waals surface area contributed by atoms with Crippen molar-refractivity contribution in [2.45, 2.75) is 26.2 Å². The molecule has 0 unspecified atom stereocenters. The van der Waals surface area contributed by atoms with E-state index in [9.17, 15) is 0 Å². The van der Waals surface area contributed by atoms with Gasteiger partial charge in [-0.05, 0) is 65.1 Å². The van der Waals surface area contributed by atoms with Crippen molar-refractivity contribution in [1.82, 2.24) is 10.2 Å². The van der Waals surface area contributed by atoms with Crippen molar-refractivity contribution in [3.8, 4) is 22.9 Å². The fraction of sp³-hybridized carbons (Fsp3) is 0.143. The first kappa shape index (κ1) is 22.9. The topological polar surface area (TPSA) is 95.8 Å². The monoisotopic (exact) mass is 450 g/mol. The van der Waals surface area contributed by atoms with Crippen LogP contribution in [0.1, 0.15) is 43.0 Å². The zero-order valence-corrected chi connectivity index (χ0v) is 19.4. The van der Waals surface area contributed by atoms with Gasteiger partial charge in [0.25, 0.3) is 0 Å². The zero-order valence-electron chi connectivity index (χ0n) is 19.4. The third-order valence-electron chi connectivity index (χ3n) is 5.43. The summed E-state index contributed by atoms with van der Waals surface area (Å²) in [6.45, 7) is 10.2. The van der Waals surface area contributed by atoms with Gasteiger partial charge in [0.05, 0.1) is 0 Å². The third-order valence-corrected chi connectivity index (χ3v) is 5.43. The molecule has 6 heteroatoms. The van der Waals surface area contributed by atoms with Gasteiger partial charge in [-0.1, -0.05) is 57.7 Å². The lowest BCUT2D eigenvalue weighted by Gasteiger charge is -2.18. The predicted octanol–water partition coefficient (Wildman–Crippen LogP) is 6.71. The molecule has 0 aliphatic rings. The van der Waals surface area contributed by atoms with E-state index >= 15 is 0 Å². The number of rotatable bonds is 5. The summed E-state index contributed by atoms with van der Waals surface area (Å²) in [6.07, 6.45) is 1.73. The Balaban J connectivity index is 1.44. The first-order valence-electron chi connectivity index (χ1n) is 10.9. The number of benzene rings is 3. The Labute approximate surface area is 199 Å². The molecule has 0 aliphatic carbocycles. The van der Waals surface area contributed by atoms with Crippen LogP contribution in [-0.4, -0.2) is 22.0 Å². The summed E-state index contributed by atoms with van der Waals surface area (Å²) < 4.78 is 11.3. The fourth-order valence-corrected chi connectivity index (χ4v) is 3.32. The number of hydrogen-bond donors (Lipinski definition) is 2. The smallest absolute Gasteiger partial charge is 0.248 e. The van der Waals surface area contributed by atoms with Crippen molar-refractivity contribution in [3.05, 3.63) is 102 Å². The molecule has 0 saturated heterocycles. The number of aromatic nitrogens is 2. The Hall–Kier alpha value is -4.32. The van der Waals surface area contributed by atoms with Crippen LogP contribution < -0.4 is 0 Å². The van der Waals surface area contributed by atoms with Crippen molar-refractivity contribution in [2.24, 2.45) is 0 Å². The van der Waals surface area contributed by atoms with Crippen molar-refractivity contribution in [1.29, 1.82) is 10.8 Å². The number of hydrogen-bond acceptors (Lipinski definition) is 6. The second-order valence-electron chi connectivity index (χ2n) is 8.90. The maximum Gasteiger partial charge on any atom is 0.248 e. The third kappa shape index (κ3) is 5.02. The lowest BCUT2D eigenvalue weighted by Crippen LogP contribution is -2.12. The molecule has 3 aromatic carbocycles. The van der Waals surface area contributed by atoms with E-state index in [-0.39, 0.29) is 17.2 Å². The van der Waals surface area contributed by atoms with Crippen LogP contribution in [0.2, 0.25) is 0 Å².